The molecule has 3 aliphatic rings. The number of fused-ring (bicyclic) bond motifs is 2. The Morgan fingerprint density at radius 3 is 1.92 bits per heavy atom. The molecule has 10 heteroatoms. The van der Waals surface area contributed by atoms with Crippen LogP contribution in [-0.4, -0.2) is 34.3 Å². The molecule has 4 nitrogen and oxygen atoms in total. The maximum atomic E-state index is 14.2. The van der Waals surface area contributed by atoms with E-state index in [-0.39, 0.29) is 39.9 Å². The number of carbonyl (C=O) groups is 1. The number of nitrogens with zero attached hydrogens (tertiary/aromatic N) is 2. The van der Waals surface area contributed by atoms with E-state index in [1.54, 1.807) is 49.3 Å². The number of aliphatic hydroxyl groups excluding tert-OH is 1. The number of aliphatic hydroxyl groups is 1. The van der Waals surface area contributed by atoms with Gasteiger partial charge in [-0.05, 0) is 61.9 Å². The second kappa shape index (κ2) is 11.9. The molecule has 2 heterocycles. The molecule has 0 fully saturated rings. The van der Waals surface area contributed by atoms with Gasteiger partial charge in [0.15, 0.2) is 5.71 Å². The molecule has 1 N–H and O–H groups in total. The first-order valence-corrected chi connectivity index (χ1v) is 16.4. The van der Waals surface area contributed by atoms with E-state index >= 15 is 0 Å². The number of Topliss-reactive ketones (excluding diaryl/α,β-unsaturated/α-hetero) is 1. The maximum Gasteiger partial charge on any atom is 0.416 e. The number of carbonyl (C=O) groups excluding carboxylic acids is 1. The predicted octanol–water partition coefficient (Wildman–Crippen LogP) is 10.2. The summed E-state index contributed by atoms with van der Waals surface area (Å²) in [6.07, 6.45) is -4.88. The van der Waals surface area contributed by atoms with Gasteiger partial charge in [-0.15, -0.1) is 0 Å². The van der Waals surface area contributed by atoms with Gasteiger partial charge in [-0.3, -0.25) is 4.79 Å². The van der Waals surface area contributed by atoms with Crippen LogP contribution in [0.15, 0.2) is 71.2 Å². The quantitative estimate of drug-likeness (QED) is 0.172. The molecule has 2 aromatic carbocycles. The van der Waals surface area contributed by atoms with Gasteiger partial charge in [0, 0.05) is 41.9 Å². The SMILES string of the molecule is CC(C)CCN1/C(=C\C2=C(O)C(=C\C3=[N+](CCC(C)C)c4cccc(C(F)(F)F)c4C3(C)C)/C2=O)C(C)(C)c2c1cccc2C(F)(F)F. The van der Waals surface area contributed by atoms with Crippen LogP contribution in [0.3, 0.4) is 0 Å². The van der Waals surface area contributed by atoms with Crippen LogP contribution >= 0.6 is 0 Å². The second-order valence-corrected chi connectivity index (χ2v) is 14.9. The Bertz CT molecular complexity index is 1780. The molecule has 258 valence electrons. The number of allylic oxidation sites excluding steroid dienone is 5. The van der Waals surface area contributed by atoms with Crippen molar-refractivity contribution in [1.82, 2.24) is 0 Å². The molecule has 0 radical (unpaired) electrons. The summed E-state index contributed by atoms with van der Waals surface area (Å²) in [5.41, 5.74) is -1.95. The average Bonchev–Trinajstić information content (AvgIpc) is 3.33. The number of rotatable bonds is 8. The minimum atomic E-state index is -4.60. The van der Waals surface area contributed by atoms with Crippen LogP contribution in [0.25, 0.3) is 0 Å². The number of ketones is 1. The van der Waals surface area contributed by atoms with Crippen molar-refractivity contribution in [1.29, 1.82) is 0 Å². The van der Waals surface area contributed by atoms with Gasteiger partial charge in [0.05, 0.1) is 33.3 Å². The highest BCUT2D eigenvalue weighted by molar-refractivity contribution is 6.24. The van der Waals surface area contributed by atoms with E-state index in [1.165, 1.54) is 24.3 Å². The number of benzene rings is 2. The summed E-state index contributed by atoms with van der Waals surface area (Å²) in [7, 11) is 0. The second-order valence-electron chi connectivity index (χ2n) is 14.9. The van der Waals surface area contributed by atoms with Gasteiger partial charge in [-0.2, -0.15) is 30.9 Å². The molecule has 0 saturated heterocycles. The first-order valence-electron chi connectivity index (χ1n) is 16.4. The highest BCUT2D eigenvalue weighted by Crippen LogP contribution is 2.54. The van der Waals surface area contributed by atoms with Crippen LogP contribution < -0.4 is 4.90 Å². The first-order chi connectivity index (χ1) is 22.1. The lowest BCUT2D eigenvalue weighted by molar-refractivity contribution is -0.439. The Hall–Kier alpha value is -3.82. The van der Waals surface area contributed by atoms with E-state index in [0.717, 1.165) is 12.1 Å². The third kappa shape index (κ3) is 5.89. The van der Waals surface area contributed by atoms with E-state index in [0.29, 0.717) is 48.7 Å². The molecule has 0 amide bonds. The molecular weight excluding hydrogens is 630 g/mol. The van der Waals surface area contributed by atoms with E-state index in [9.17, 15) is 36.2 Å². The third-order valence-corrected chi connectivity index (χ3v) is 9.81. The average molecular weight is 674 g/mol. The molecule has 1 aliphatic carbocycles. The zero-order valence-electron chi connectivity index (χ0n) is 28.6. The van der Waals surface area contributed by atoms with Crippen LogP contribution in [0, 0.1) is 11.8 Å². The van der Waals surface area contributed by atoms with E-state index < -0.39 is 40.1 Å². The molecule has 0 bridgehead atoms. The predicted molar refractivity (Wildman–Crippen MR) is 176 cm³/mol. The summed E-state index contributed by atoms with van der Waals surface area (Å²) in [6.45, 7) is 15.6. The summed E-state index contributed by atoms with van der Waals surface area (Å²) in [5.74, 6) is -0.350. The number of hydrogen-bond donors (Lipinski definition) is 1. The maximum absolute atomic E-state index is 14.2. The van der Waals surface area contributed by atoms with E-state index in [1.807, 2.05) is 27.7 Å². The van der Waals surface area contributed by atoms with Gasteiger partial charge >= 0.3 is 12.4 Å². The monoisotopic (exact) mass is 673 g/mol. The Morgan fingerprint density at radius 1 is 0.812 bits per heavy atom. The minimum absolute atomic E-state index is 0.0427. The van der Waals surface area contributed by atoms with E-state index in [2.05, 4.69) is 0 Å². The largest absolute Gasteiger partial charge is 0.506 e. The Kier molecular flexibility index (Phi) is 8.83. The lowest BCUT2D eigenvalue weighted by Crippen LogP contribution is -2.33. The normalized spacial score (nSPS) is 20.5. The topological polar surface area (TPSA) is 43.5 Å². The van der Waals surface area contributed by atoms with Gasteiger partial charge in [0.2, 0.25) is 11.5 Å². The highest BCUT2D eigenvalue weighted by atomic mass is 19.4. The van der Waals surface area contributed by atoms with Gasteiger partial charge in [0.1, 0.15) is 12.3 Å². The molecule has 0 unspecified atom stereocenters. The molecule has 2 aromatic rings. The van der Waals surface area contributed by atoms with Crippen molar-refractivity contribution in [2.75, 3.05) is 18.0 Å². The van der Waals surface area contributed by atoms with Crippen molar-refractivity contribution in [3.05, 3.63) is 93.4 Å². The summed E-state index contributed by atoms with van der Waals surface area (Å²) in [4.78, 5) is 15.6. The van der Waals surface area contributed by atoms with Gasteiger partial charge in [-0.25, -0.2) is 0 Å². The Balaban J connectivity index is 1.64. The number of halogens is 6. The van der Waals surface area contributed by atoms with Crippen molar-refractivity contribution >= 4 is 22.9 Å². The summed E-state index contributed by atoms with van der Waals surface area (Å²) >= 11 is 0. The molecule has 48 heavy (non-hydrogen) atoms. The van der Waals surface area contributed by atoms with Crippen molar-refractivity contribution in [3.63, 3.8) is 0 Å². The summed E-state index contributed by atoms with van der Waals surface area (Å²) < 4.78 is 87.2. The minimum Gasteiger partial charge on any atom is -0.506 e. The fourth-order valence-electron chi connectivity index (χ4n) is 7.26. The molecule has 0 saturated carbocycles. The first kappa shape index (κ1) is 35.5. The number of alkyl halides is 6. The van der Waals surface area contributed by atoms with Crippen molar-refractivity contribution in [2.24, 2.45) is 11.8 Å². The third-order valence-electron chi connectivity index (χ3n) is 9.81. The Labute approximate surface area is 278 Å². The lowest BCUT2D eigenvalue weighted by atomic mass is 9.76. The molecule has 0 atom stereocenters. The fraction of sp³-hybridized carbons (Fsp3) is 0.474. The van der Waals surface area contributed by atoms with Crippen LogP contribution in [0.2, 0.25) is 0 Å². The van der Waals surface area contributed by atoms with Crippen LogP contribution in [0.4, 0.5) is 37.7 Å². The molecule has 5 rings (SSSR count). The highest BCUT2D eigenvalue weighted by Gasteiger charge is 2.52. The summed E-state index contributed by atoms with van der Waals surface area (Å²) in [5, 5.41) is 11.3. The number of anilines is 1. The van der Waals surface area contributed by atoms with E-state index in [4.69, 9.17) is 0 Å². The van der Waals surface area contributed by atoms with Crippen LogP contribution in [0.5, 0.6) is 0 Å². The fourth-order valence-corrected chi connectivity index (χ4v) is 7.26. The molecular formula is C38H43F6N2O2+. The van der Waals surface area contributed by atoms with Crippen molar-refractivity contribution in [2.45, 2.75) is 91.4 Å². The van der Waals surface area contributed by atoms with Crippen molar-refractivity contribution < 1.29 is 40.8 Å². The van der Waals surface area contributed by atoms with Gasteiger partial charge in [0.25, 0.3) is 0 Å². The number of hydrogen-bond acceptors (Lipinski definition) is 3. The smallest absolute Gasteiger partial charge is 0.416 e. The standard InChI is InChI=1S/C38H42F6N2O2/c1-21(2)15-17-45-27-13-9-11-25(37(39,40)41)31(27)35(5,6)29(45)19-23-33(47)24(34(23)48)20-30-36(7,8)32-26(38(42,43)44)12-10-14-28(32)46(30)18-16-22(3)4/h9-14,19-22H,15-18H2,1-8H3/p+1. The van der Waals surface area contributed by atoms with Gasteiger partial charge < -0.3 is 10.0 Å². The van der Waals surface area contributed by atoms with Crippen LogP contribution in [0.1, 0.15) is 90.5 Å². The van der Waals surface area contributed by atoms with Gasteiger partial charge in [-0.1, -0.05) is 53.7 Å². The zero-order valence-corrected chi connectivity index (χ0v) is 28.6. The van der Waals surface area contributed by atoms with Crippen LogP contribution in [-0.2, 0) is 28.0 Å². The van der Waals surface area contributed by atoms with Crippen molar-refractivity contribution in [3.8, 4) is 0 Å². The molecule has 2 aliphatic heterocycles. The summed E-state index contributed by atoms with van der Waals surface area (Å²) in [6, 6.07) is 8.17. The Morgan fingerprint density at radius 2 is 1.38 bits per heavy atom. The molecule has 0 spiro atoms. The molecule has 0 aromatic heterocycles. The zero-order chi connectivity index (χ0) is 35.7. The lowest BCUT2D eigenvalue weighted by Gasteiger charge is -2.30.